The Morgan fingerprint density at radius 1 is 0.263 bits per heavy atom. The molecule has 0 radical (unpaired) electrons. The lowest BCUT2D eigenvalue weighted by molar-refractivity contribution is -0.00487. The van der Waals surface area contributed by atoms with Crippen LogP contribution in [0.1, 0.15) is 104 Å². The highest BCUT2D eigenvalue weighted by molar-refractivity contribution is 5.21. The van der Waals surface area contributed by atoms with E-state index < -0.39 is 0 Å². The van der Waals surface area contributed by atoms with Crippen LogP contribution >= 0.6 is 0 Å². The molecule has 0 saturated carbocycles. The monoisotopic (exact) mass is 811 g/mol. The molecule has 0 aliphatic rings. The minimum Gasteiger partial charge on any atom is -0.491 e. The number of hydrogen-bond acceptors (Lipinski definition) is 10. The van der Waals surface area contributed by atoms with E-state index in [1.165, 1.54) is 77.0 Å². The third-order valence-corrected chi connectivity index (χ3v) is 8.50. The Bertz CT molecular complexity index is 907. The van der Waals surface area contributed by atoms with Gasteiger partial charge in [-0.3, -0.25) is 0 Å². The lowest BCUT2D eigenvalue weighted by atomic mass is 10.1. The summed E-state index contributed by atoms with van der Waals surface area (Å²) in [5.41, 5.74) is 0. The van der Waals surface area contributed by atoms with Crippen molar-refractivity contribution < 1.29 is 52.8 Å². The first kappa shape index (κ1) is 54.7. The normalized spacial score (nSPS) is 10.8. The maximum absolute atomic E-state index is 5.58. The fourth-order valence-electron chi connectivity index (χ4n) is 5.32. The first-order valence-electron chi connectivity index (χ1n) is 21.8. The SMILES string of the molecule is CCCCCCCCCOCCOCCOCCOCCOc1ccccc1.CCCCCCCCCOCCOCCOCCOCCOc1ccccc1.O. The molecule has 332 valence electrons. The van der Waals surface area contributed by atoms with Crippen molar-refractivity contribution in [1.82, 2.24) is 0 Å². The number of hydrogen-bond donors (Lipinski definition) is 0. The van der Waals surface area contributed by atoms with Crippen LogP contribution in [0.4, 0.5) is 0 Å². The first-order valence-corrected chi connectivity index (χ1v) is 21.8. The molecule has 0 spiro atoms. The van der Waals surface area contributed by atoms with Crippen LogP contribution in [0.3, 0.4) is 0 Å². The van der Waals surface area contributed by atoms with Crippen LogP contribution in [0.2, 0.25) is 0 Å². The summed E-state index contributed by atoms with van der Waals surface area (Å²) < 4.78 is 55.1. The fourth-order valence-corrected chi connectivity index (χ4v) is 5.32. The smallest absolute Gasteiger partial charge is 0.119 e. The molecule has 0 aromatic heterocycles. The van der Waals surface area contributed by atoms with Crippen LogP contribution in [-0.4, -0.2) is 124 Å². The van der Waals surface area contributed by atoms with Crippen molar-refractivity contribution in [3.05, 3.63) is 60.7 Å². The van der Waals surface area contributed by atoms with Gasteiger partial charge in [-0.2, -0.15) is 0 Å². The van der Waals surface area contributed by atoms with Crippen LogP contribution in [0.15, 0.2) is 60.7 Å². The zero-order valence-electron chi connectivity index (χ0n) is 36.0. The molecule has 11 heteroatoms. The average molecular weight is 811 g/mol. The minimum atomic E-state index is 0. The molecule has 2 aromatic carbocycles. The molecule has 0 heterocycles. The van der Waals surface area contributed by atoms with Gasteiger partial charge in [0, 0.05) is 13.2 Å². The Morgan fingerprint density at radius 2 is 0.491 bits per heavy atom. The second-order valence-electron chi connectivity index (χ2n) is 13.5. The second-order valence-corrected chi connectivity index (χ2v) is 13.5. The highest BCUT2D eigenvalue weighted by Crippen LogP contribution is 2.10. The number of ether oxygens (including phenoxy) is 10. The van der Waals surface area contributed by atoms with E-state index in [0.29, 0.717) is 106 Å². The van der Waals surface area contributed by atoms with E-state index in [9.17, 15) is 0 Å². The van der Waals surface area contributed by atoms with Crippen molar-refractivity contribution in [1.29, 1.82) is 0 Å². The third kappa shape index (κ3) is 43.1. The number of unbranched alkanes of at least 4 members (excludes halogenated alkanes) is 12. The van der Waals surface area contributed by atoms with E-state index in [0.717, 1.165) is 37.6 Å². The number of benzene rings is 2. The quantitative estimate of drug-likeness (QED) is 0.0601. The summed E-state index contributed by atoms with van der Waals surface area (Å²) in [7, 11) is 0. The van der Waals surface area contributed by atoms with Gasteiger partial charge in [0.1, 0.15) is 24.7 Å². The van der Waals surface area contributed by atoms with Crippen LogP contribution in [0, 0.1) is 0 Å². The van der Waals surface area contributed by atoms with Gasteiger partial charge in [-0.1, -0.05) is 127 Å². The summed E-state index contributed by atoms with van der Waals surface area (Å²) in [6.45, 7) is 15.7. The van der Waals surface area contributed by atoms with Crippen molar-refractivity contribution >= 4 is 0 Å². The van der Waals surface area contributed by atoms with Crippen LogP contribution in [0.25, 0.3) is 0 Å². The highest BCUT2D eigenvalue weighted by atomic mass is 16.6. The molecule has 0 unspecified atom stereocenters. The molecule has 2 N–H and O–H groups in total. The number of rotatable bonds is 42. The van der Waals surface area contributed by atoms with Crippen LogP contribution in [0.5, 0.6) is 11.5 Å². The van der Waals surface area contributed by atoms with Gasteiger partial charge in [0.15, 0.2) is 0 Å². The molecular weight excluding hydrogens is 728 g/mol. The van der Waals surface area contributed by atoms with Gasteiger partial charge >= 0.3 is 0 Å². The van der Waals surface area contributed by atoms with Crippen molar-refractivity contribution in [2.45, 2.75) is 104 Å². The van der Waals surface area contributed by atoms with Crippen LogP contribution in [-0.2, 0) is 37.9 Å². The predicted molar refractivity (Wildman–Crippen MR) is 230 cm³/mol. The van der Waals surface area contributed by atoms with Gasteiger partial charge < -0.3 is 52.8 Å². The summed E-state index contributed by atoms with van der Waals surface area (Å²) in [5.74, 6) is 1.73. The van der Waals surface area contributed by atoms with E-state index in [2.05, 4.69) is 13.8 Å². The van der Waals surface area contributed by atoms with Crippen molar-refractivity contribution in [3.8, 4) is 11.5 Å². The van der Waals surface area contributed by atoms with E-state index >= 15 is 0 Å². The summed E-state index contributed by atoms with van der Waals surface area (Å²) >= 11 is 0. The Balaban J connectivity index is 0.00000108. The molecule has 0 amide bonds. The van der Waals surface area contributed by atoms with E-state index in [1.54, 1.807) is 0 Å². The molecular formula is C46H82O11. The molecule has 11 nitrogen and oxygen atoms in total. The lowest BCUT2D eigenvalue weighted by Gasteiger charge is -2.08. The van der Waals surface area contributed by atoms with Crippen molar-refractivity contribution in [3.63, 3.8) is 0 Å². The van der Waals surface area contributed by atoms with Gasteiger partial charge in [-0.15, -0.1) is 0 Å². The summed E-state index contributed by atoms with van der Waals surface area (Å²) in [6.07, 6.45) is 18.4. The molecule has 0 bridgehead atoms. The van der Waals surface area contributed by atoms with Gasteiger partial charge in [-0.05, 0) is 37.1 Å². The van der Waals surface area contributed by atoms with Crippen molar-refractivity contribution in [2.24, 2.45) is 0 Å². The molecule has 0 fully saturated rings. The zero-order chi connectivity index (χ0) is 39.9. The standard InChI is InChI=1S/2C23H40O5.H2O/c2*1-2-3-4-5-6-7-11-14-24-15-16-25-17-18-26-19-20-27-21-22-28-23-12-9-8-10-13-23;/h2*8-10,12-13H,2-7,11,14-22H2,1H3;1H2. The molecule has 2 aromatic rings. The Morgan fingerprint density at radius 3 is 0.772 bits per heavy atom. The average Bonchev–Trinajstić information content (AvgIpc) is 3.23. The maximum Gasteiger partial charge on any atom is 0.119 e. The molecule has 2 rings (SSSR count). The first-order chi connectivity index (χ1) is 27.9. The summed E-state index contributed by atoms with van der Waals surface area (Å²) in [6, 6.07) is 19.5. The van der Waals surface area contributed by atoms with E-state index in [4.69, 9.17) is 47.4 Å². The topological polar surface area (TPSA) is 124 Å². The largest absolute Gasteiger partial charge is 0.491 e. The molecule has 0 atom stereocenters. The molecule has 57 heavy (non-hydrogen) atoms. The summed E-state index contributed by atoms with van der Waals surface area (Å²) in [5, 5.41) is 0. The van der Waals surface area contributed by atoms with Crippen molar-refractivity contribution in [2.75, 3.05) is 119 Å². The van der Waals surface area contributed by atoms with E-state index in [-0.39, 0.29) is 5.48 Å². The Hall–Kier alpha value is -2.32. The van der Waals surface area contributed by atoms with Crippen LogP contribution < -0.4 is 9.47 Å². The predicted octanol–water partition coefficient (Wildman–Crippen LogP) is 8.94. The highest BCUT2D eigenvalue weighted by Gasteiger charge is 1.97. The number of para-hydroxylation sites is 2. The maximum atomic E-state index is 5.58. The summed E-state index contributed by atoms with van der Waals surface area (Å²) in [4.78, 5) is 0. The van der Waals surface area contributed by atoms with Gasteiger partial charge in [0.2, 0.25) is 0 Å². The molecule has 0 saturated heterocycles. The third-order valence-electron chi connectivity index (χ3n) is 8.50. The lowest BCUT2D eigenvalue weighted by Crippen LogP contribution is -2.13. The van der Waals surface area contributed by atoms with E-state index in [1.807, 2.05) is 60.7 Å². The van der Waals surface area contributed by atoms with Gasteiger partial charge in [-0.25, -0.2) is 0 Å². The Kier molecular flexibility index (Phi) is 46.1. The Labute approximate surface area is 347 Å². The molecule has 0 aliphatic heterocycles. The fraction of sp³-hybridized carbons (Fsp3) is 0.739. The zero-order valence-corrected chi connectivity index (χ0v) is 36.0. The minimum absolute atomic E-state index is 0. The second kappa shape index (κ2) is 48.1. The molecule has 0 aliphatic carbocycles. The van der Waals surface area contributed by atoms with Gasteiger partial charge in [0.25, 0.3) is 0 Å². The van der Waals surface area contributed by atoms with Gasteiger partial charge in [0.05, 0.1) is 92.5 Å².